The van der Waals surface area contributed by atoms with Gasteiger partial charge in [-0.1, -0.05) is 250 Å². The summed E-state index contributed by atoms with van der Waals surface area (Å²) in [6.45, 7) is 4.00. The summed E-state index contributed by atoms with van der Waals surface area (Å²) >= 11 is 3.98. The van der Waals surface area contributed by atoms with Gasteiger partial charge in [0, 0.05) is 46.9 Å². The molecule has 1 nitrogen and oxygen atoms in total. The number of rotatable bonds is 7. The van der Waals surface area contributed by atoms with E-state index in [-0.39, 0.29) is 0 Å². The van der Waals surface area contributed by atoms with Crippen molar-refractivity contribution in [1.82, 2.24) is 4.57 Å². The number of allylic oxidation sites excluding steroid dienone is 5. The molecule has 12 aromatic carbocycles. The molecule has 0 atom stereocenters. The van der Waals surface area contributed by atoms with E-state index in [1.165, 1.54) is 173 Å². The van der Waals surface area contributed by atoms with Gasteiger partial charge in [0.15, 0.2) is 0 Å². The third kappa shape index (κ3) is 8.32. The lowest BCUT2D eigenvalue weighted by Gasteiger charge is -2.18. The van der Waals surface area contributed by atoms with Crippen molar-refractivity contribution in [3.8, 4) is 50.2 Å². The number of nitrogens with zero attached hydrogens (tertiary/aromatic N) is 1. The summed E-state index contributed by atoms with van der Waals surface area (Å²) in [6, 6.07) is 90.9. The van der Waals surface area contributed by atoms with Crippen LogP contribution in [0.1, 0.15) is 70.8 Å². The first-order valence-electron chi connectivity index (χ1n) is 31.3. The smallest absolute Gasteiger partial charge is 0.0541 e. The van der Waals surface area contributed by atoms with E-state index in [4.69, 9.17) is 0 Å². The molecule has 15 aromatic rings. The molecule has 0 unspecified atom stereocenters. The molecule has 3 aromatic heterocycles. The molecule has 0 aliphatic heterocycles. The van der Waals surface area contributed by atoms with Crippen molar-refractivity contribution in [2.75, 3.05) is 0 Å². The number of fused-ring (bicyclic) bond motifs is 13. The van der Waals surface area contributed by atoms with Crippen molar-refractivity contribution >= 4 is 120 Å². The van der Waals surface area contributed by atoms with Gasteiger partial charge in [-0.3, -0.25) is 0 Å². The third-order valence-electron chi connectivity index (χ3n) is 18.8. The van der Waals surface area contributed by atoms with Crippen LogP contribution in [0.3, 0.4) is 0 Å². The van der Waals surface area contributed by atoms with Crippen LogP contribution in [0.15, 0.2) is 266 Å². The van der Waals surface area contributed by atoms with E-state index in [0.29, 0.717) is 0 Å². The van der Waals surface area contributed by atoms with Crippen LogP contribution in [0.2, 0.25) is 0 Å². The summed E-state index contributed by atoms with van der Waals surface area (Å²) in [7, 11) is 0. The Labute approximate surface area is 521 Å². The predicted molar refractivity (Wildman–Crippen MR) is 383 cm³/mol. The van der Waals surface area contributed by atoms with Gasteiger partial charge >= 0.3 is 0 Å². The van der Waals surface area contributed by atoms with Crippen LogP contribution >= 0.6 is 22.7 Å². The van der Waals surface area contributed by atoms with Crippen molar-refractivity contribution in [3.63, 3.8) is 0 Å². The molecular weight excluding hydrogens is 1100 g/mol. The number of thiophene rings is 2. The average molecular weight is 1160 g/mol. The molecule has 0 fully saturated rings. The summed E-state index contributed by atoms with van der Waals surface area (Å²) in [5, 5.41) is 14.3. The van der Waals surface area contributed by atoms with Crippen LogP contribution in [0.5, 0.6) is 0 Å². The van der Waals surface area contributed by atoms with Crippen molar-refractivity contribution in [3.05, 3.63) is 304 Å². The Bertz CT molecular complexity index is 5410. The van der Waals surface area contributed by atoms with Crippen LogP contribution in [0.4, 0.5) is 0 Å². The van der Waals surface area contributed by atoms with Gasteiger partial charge in [0.1, 0.15) is 0 Å². The van der Waals surface area contributed by atoms with E-state index < -0.39 is 0 Å². The summed E-state index contributed by atoms with van der Waals surface area (Å²) in [5.41, 5.74) is 23.5. The molecule has 3 aliphatic rings. The first-order valence-corrected chi connectivity index (χ1v) is 32.9. The van der Waals surface area contributed by atoms with Crippen LogP contribution < -0.4 is 0 Å². The molecule has 0 spiro atoms. The first-order chi connectivity index (χ1) is 43.7. The van der Waals surface area contributed by atoms with Gasteiger partial charge in [-0.15, -0.1) is 22.7 Å². The minimum atomic E-state index is 0.846. The zero-order valence-electron chi connectivity index (χ0n) is 49.3. The Morgan fingerprint density at radius 3 is 1.41 bits per heavy atom. The fourth-order valence-corrected chi connectivity index (χ4v) is 17.9. The van der Waals surface area contributed by atoms with Crippen LogP contribution in [-0.4, -0.2) is 4.57 Å². The molecule has 0 N–H and O–H groups in total. The molecule has 3 heterocycles. The van der Waals surface area contributed by atoms with E-state index in [9.17, 15) is 0 Å². The molecule has 0 amide bonds. The Hall–Kier alpha value is -9.90. The predicted octanol–water partition coefficient (Wildman–Crippen LogP) is 24.6. The van der Waals surface area contributed by atoms with E-state index in [2.05, 4.69) is 278 Å². The van der Waals surface area contributed by atoms with Gasteiger partial charge < -0.3 is 4.57 Å². The maximum absolute atomic E-state index is 2.58. The van der Waals surface area contributed by atoms with E-state index in [1.54, 1.807) is 0 Å². The lowest BCUT2D eigenvalue weighted by atomic mass is 9.86. The monoisotopic (exact) mass is 1160 g/mol. The largest absolute Gasteiger partial charge is 0.309 e. The molecule has 0 saturated heterocycles. The number of benzene rings is 12. The Kier molecular flexibility index (Phi) is 12.8. The number of hydrogen-bond donors (Lipinski definition) is 0. The molecule has 0 radical (unpaired) electrons. The Balaban J connectivity index is 0.00000298. The summed E-state index contributed by atoms with van der Waals surface area (Å²) in [6.07, 6.45) is 17.5. The summed E-state index contributed by atoms with van der Waals surface area (Å²) in [5.74, 6) is 0. The van der Waals surface area contributed by atoms with E-state index >= 15 is 0 Å². The molecule has 3 aliphatic carbocycles. The lowest BCUT2D eigenvalue weighted by Crippen LogP contribution is -1.98. The van der Waals surface area contributed by atoms with Crippen LogP contribution in [-0.2, 0) is 12.8 Å². The van der Waals surface area contributed by atoms with Gasteiger partial charge in [0.05, 0.1) is 11.2 Å². The van der Waals surface area contributed by atoms with Crippen molar-refractivity contribution in [2.24, 2.45) is 0 Å². The maximum Gasteiger partial charge on any atom is 0.0541 e. The van der Waals surface area contributed by atoms with Gasteiger partial charge in [-0.05, 0) is 189 Å². The zero-order valence-corrected chi connectivity index (χ0v) is 50.9. The highest BCUT2D eigenvalue weighted by Crippen LogP contribution is 2.51. The van der Waals surface area contributed by atoms with Gasteiger partial charge in [0.2, 0.25) is 0 Å². The van der Waals surface area contributed by atoms with Crippen LogP contribution in [0.25, 0.3) is 148 Å². The Morgan fingerprint density at radius 1 is 0.375 bits per heavy atom. The average Bonchev–Trinajstić information content (AvgIpc) is 1.23. The van der Waals surface area contributed by atoms with E-state index in [0.717, 1.165) is 37.8 Å². The minimum Gasteiger partial charge on any atom is -0.309 e. The topological polar surface area (TPSA) is 4.93 Å². The molecular formula is C85H61NS2. The number of aromatic nitrogens is 1. The van der Waals surface area contributed by atoms with Gasteiger partial charge in [0.25, 0.3) is 0 Å². The molecule has 418 valence electrons. The van der Waals surface area contributed by atoms with Gasteiger partial charge in [-0.2, -0.15) is 0 Å². The quantitative estimate of drug-likeness (QED) is 0.140. The van der Waals surface area contributed by atoms with Crippen molar-refractivity contribution in [2.45, 2.75) is 46.0 Å². The molecule has 18 rings (SSSR count). The lowest BCUT2D eigenvalue weighted by molar-refractivity contribution is 0.995. The van der Waals surface area contributed by atoms with E-state index in [1.807, 2.05) is 36.5 Å². The standard InChI is InChI=1S/C83H55NS2.C2H6/c1-2-21-53(22-3-1)78-64-28-8-10-30-66(64)79(67-31-11-9-29-65(67)78)54-43-46-57(47-44-54)84-76-42-14-25-55(60-32-15-38-70-72-40-17-36-68(82(72)85-80(60)70)62-34-12-23-51-19-4-6-26-58(51)62)49-74(76)75-50-56(45-48-77(75)84)61-33-16-39-71-73-41-18-37-69(83(73)86-81(61)71)63-35-13-24-52-20-5-7-27-59(52)63;1-2/h1-14,17-24,26-37,40-50H,15-16,25,38-39H2;1-2H3. The van der Waals surface area contributed by atoms with Gasteiger partial charge in [-0.25, -0.2) is 0 Å². The summed E-state index contributed by atoms with van der Waals surface area (Å²) in [4.78, 5) is 2.83. The number of hydrogen-bond acceptors (Lipinski definition) is 2. The molecule has 0 bridgehead atoms. The maximum atomic E-state index is 2.58. The highest BCUT2D eigenvalue weighted by molar-refractivity contribution is 7.21. The Morgan fingerprint density at radius 2 is 0.830 bits per heavy atom. The van der Waals surface area contributed by atoms with Crippen LogP contribution in [0, 0.1) is 0 Å². The second kappa shape index (κ2) is 21.5. The fraction of sp³-hybridized carbons (Fsp3) is 0.0824. The second-order valence-electron chi connectivity index (χ2n) is 23.4. The zero-order chi connectivity index (χ0) is 58.4. The third-order valence-corrected chi connectivity index (χ3v) is 21.4. The number of aryl methyl sites for hydroxylation is 2. The minimum absolute atomic E-state index is 0.846. The highest BCUT2D eigenvalue weighted by atomic mass is 32.1. The second-order valence-corrected chi connectivity index (χ2v) is 25.5. The van der Waals surface area contributed by atoms with Crippen molar-refractivity contribution < 1.29 is 0 Å². The molecule has 3 heteroatoms. The fourth-order valence-electron chi connectivity index (χ4n) is 15.0. The molecule has 0 saturated carbocycles. The first kappa shape index (κ1) is 52.4. The highest BCUT2D eigenvalue weighted by Gasteiger charge is 2.28. The molecule has 88 heavy (non-hydrogen) atoms. The van der Waals surface area contributed by atoms with Crippen molar-refractivity contribution in [1.29, 1.82) is 0 Å². The SMILES string of the molecule is C1=Cc2c(c3cc(C4=CCCc5c4sc4c(-c6cccc7ccccc67)cccc54)ccc3n2-c2ccc(-c3c4ccccc4c(-c4ccccc4)c4ccccc34)cc2)C=C(C2=CCCc3c2sc2c(-c4cccc5ccccc45)cccc32)C1.CC. The summed E-state index contributed by atoms with van der Waals surface area (Å²) < 4.78 is 5.30. The normalized spacial score (nSPS) is 13.7.